The summed E-state index contributed by atoms with van der Waals surface area (Å²) in [4.78, 5) is 14.3. The van der Waals surface area contributed by atoms with E-state index in [9.17, 15) is 4.79 Å². The van der Waals surface area contributed by atoms with Crippen molar-refractivity contribution < 1.29 is 4.79 Å². The van der Waals surface area contributed by atoms with Gasteiger partial charge in [-0.25, -0.2) is 0 Å². The van der Waals surface area contributed by atoms with Crippen LogP contribution in [-0.2, 0) is 4.79 Å². The van der Waals surface area contributed by atoms with Crippen LogP contribution in [0, 0.1) is 0 Å². The van der Waals surface area contributed by atoms with E-state index in [1.807, 2.05) is 54.7 Å². The summed E-state index contributed by atoms with van der Waals surface area (Å²) in [6.07, 6.45) is 1.96. The molecular formula is C28H25NOP+. The molecule has 4 aromatic rings. The van der Waals surface area contributed by atoms with Gasteiger partial charge in [-0.05, 0) is 48.5 Å². The zero-order valence-electron chi connectivity index (χ0n) is 17.5. The maximum Gasteiger partial charge on any atom is 0.228 e. The van der Waals surface area contributed by atoms with Gasteiger partial charge in [0.15, 0.2) is 0 Å². The van der Waals surface area contributed by atoms with Crippen LogP contribution in [0.4, 0.5) is 5.69 Å². The fraction of sp³-hybridized carbons (Fsp3) is 0.0357. The van der Waals surface area contributed by atoms with Crippen molar-refractivity contribution in [1.82, 2.24) is 0 Å². The number of hydrogen-bond donors (Lipinski definition) is 0. The van der Waals surface area contributed by atoms with E-state index in [-0.39, 0.29) is 5.91 Å². The number of carbonyl (C=O) groups is 1. The van der Waals surface area contributed by atoms with E-state index in [0.29, 0.717) is 0 Å². The first kappa shape index (κ1) is 20.8. The lowest BCUT2D eigenvalue weighted by Crippen LogP contribution is -2.30. The van der Waals surface area contributed by atoms with Gasteiger partial charge in [0.25, 0.3) is 0 Å². The van der Waals surface area contributed by atoms with Gasteiger partial charge in [-0.15, -0.1) is 0 Å². The lowest BCUT2D eigenvalue weighted by Gasteiger charge is -2.25. The van der Waals surface area contributed by atoms with Gasteiger partial charge >= 0.3 is 0 Å². The molecule has 0 bridgehead atoms. The minimum Gasteiger partial charge on any atom is -0.285 e. The largest absolute Gasteiger partial charge is 0.285 e. The second-order valence-corrected chi connectivity index (χ2v) is 10.5. The lowest BCUT2D eigenvalue weighted by atomic mass is 10.3. The van der Waals surface area contributed by atoms with Crippen LogP contribution in [0.25, 0.3) is 0 Å². The molecule has 0 fully saturated rings. The predicted molar refractivity (Wildman–Crippen MR) is 134 cm³/mol. The molecule has 0 radical (unpaired) electrons. The smallest absolute Gasteiger partial charge is 0.228 e. The Bertz CT molecular complexity index is 1050. The first-order valence-electron chi connectivity index (χ1n) is 10.3. The number of nitrogens with zero attached hydrogens (tertiary/aromatic N) is 1. The Balaban J connectivity index is 1.96. The Hall–Kier alpha value is -3.48. The molecule has 0 saturated carbocycles. The summed E-state index contributed by atoms with van der Waals surface area (Å²) in [5.74, 6) is 2.23. The van der Waals surface area contributed by atoms with Crippen LogP contribution in [0.2, 0.25) is 0 Å². The number of benzene rings is 4. The van der Waals surface area contributed by atoms with Gasteiger partial charge in [-0.2, -0.15) is 0 Å². The number of amides is 1. The minimum atomic E-state index is -2.14. The molecule has 0 aliphatic rings. The maximum absolute atomic E-state index is 12.6. The molecule has 4 rings (SSSR count). The Morgan fingerprint density at radius 2 is 0.968 bits per heavy atom. The third-order valence-corrected chi connectivity index (χ3v) is 9.22. The van der Waals surface area contributed by atoms with Crippen molar-refractivity contribution in [1.29, 1.82) is 0 Å². The molecule has 0 aliphatic carbocycles. The molecule has 0 spiro atoms. The first-order chi connectivity index (χ1) is 15.2. The molecule has 0 unspecified atom stereocenters. The Morgan fingerprint density at radius 1 is 0.613 bits per heavy atom. The summed E-state index contributed by atoms with van der Waals surface area (Å²) in [6, 6.07) is 41.6. The number of hydrogen-bond acceptors (Lipinski definition) is 1. The molecular weight excluding hydrogens is 397 g/mol. The normalized spacial score (nSPS) is 11.4. The van der Waals surface area contributed by atoms with Crippen LogP contribution in [0.5, 0.6) is 0 Å². The molecule has 31 heavy (non-hydrogen) atoms. The van der Waals surface area contributed by atoms with E-state index in [2.05, 4.69) is 78.6 Å². The van der Waals surface area contributed by atoms with Crippen LogP contribution < -0.4 is 20.8 Å². The maximum atomic E-state index is 12.6. The monoisotopic (exact) mass is 422 g/mol. The van der Waals surface area contributed by atoms with Crippen LogP contribution in [0.15, 0.2) is 133 Å². The van der Waals surface area contributed by atoms with Gasteiger partial charge in [-0.1, -0.05) is 72.8 Å². The number of para-hydroxylation sites is 1. The molecule has 0 N–H and O–H groups in total. The van der Waals surface area contributed by atoms with Crippen molar-refractivity contribution in [2.24, 2.45) is 0 Å². The first-order valence-corrected chi connectivity index (χ1v) is 12.2. The average molecular weight is 422 g/mol. The fourth-order valence-corrected chi connectivity index (χ4v) is 7.49. The van der Waals surface area contributed by atoms with Crippen LogP contribution in [-0.4, -0.2) is 5.91 Å². The van der Waals surface area contributed by atoms with Crippen LogP contribution in [0.3, 0.4) is 0 Å². The topological polar surface area (TPSA) is 20.3 Å². The van der Waals surface area contributed by atoms with Crippen molar-refractivity contribution in [3.05, 3.63) is 133 Å². The zero-order valence-corrected chi connectivity index (χ0v) is 18.4. The van der Waals surface area contributed by atoms with Gasteiger partial charge in [0.1, 0.15) is 23.2 Å². The minimum absolute atomic E-state index is 0.0188. The SMILES string of the molecule is CC(=O)N(/C=C/[P+](c1ccccc1)(c1ccccc1)c1ccccc1)c1ccccc1. The molecule has 152 valence electrons. The summed E-state index contributed by atoms with van der Waals surface area (Å²) in [6.45, 7) is 1.60. The summed E-state index contributed by atoms with van der Waals surface area (Å²) in [7, 11) is -2.14. The number of anilines is 1. The van der Waals surface area contributed by atoms with E-state index in [0.717, 1.165) is 5.69 Å². The van der Waals surface area contributed by atoms with Crippen molar-refractivity contribution in [2.75, 3.05) is 4.90 Å². The summed E-state index contributed by atoms with van der Waals surface area (Å²) < 4.78 is 0. The lowest BCUT2D eigenvalue weighted by molar-refractivity contribution is -0.115. The molecule has 4 aromatic carbocycles. The molecule has 0 heterocycles. The molecule has 0 aromatic heterocycles. The molecule has 0 atom stereocenters. The molecule has 1 amide bonds. The van der Waals surface area contributed by atoms with Gasteiger partial charge < -0.3 is 0 Å². The molecule has 3 heteroatoms. The van der Waals surface area contributed by atoms with Gasteiger partial charge in [0.05, 0.1) is 5.82 Å². The van der Waals surface area contributed by atoms with Crippen molar-refractivity contribution in [2.45, 2.75) is 6.92 Å². The van der Waals surface area contributed by atoms with Crippen molar-refractivity contribution in [3.63, 3.8) is 0 Å². The molecule has 0 aliphatic heterocycles. The van der Waals surface area contributed by atoms with E-state index >= 15 is 0 Å². The highest BCUT2D eigenvalue weighted by molar-refractivity contribution is 7.98. The summed E-state index contributed by atoms with van der Waals surface area (Å²) in [5.41, 5.74) is 0.860. The Morgan fingerprint density at radius 3 is 1.32 bits per heavy atom. The third kappa shape index (κ3) is 4.35. The van der Waals surface area contributed by atoms with Gasteiger partial charge in [0.2, 0.25) is 5.91 Å². The quantitative estimate of drug-likeness (QED) is 0.376. The zero-order chi connectivity index (χ0) is 21.5. The highest BCUT2D eigenvalue weighted by Crippen LogP contribution is 2.56. The van der Waals surface area contributed by atoms with Gasteiger partial charge in [-0.3, -0.25) is 9.69 Å². The van der Waals surface area contributed by atoms with Crippen molar-refractivity contribution in [3.8, 4) is 0 Å². The third-order valence-electron chi connectivity index (χ3n) is 5.30. The molecule has 2 nitrogen and oxygen atoms in total. The number of rotatable bonds is 6. The van der Waals surface area contributed by atoms with E-state index in [1.54, 1.807) is 11.8 Å². The van der Waals surface area contributed by atoms with E-state index < -0.39 is 7.26 Å². The molecule has 0 saturated heterocycles. The number of carbonyl (C=O) groups excluding carboxylic acids is 1. The van der Waals surface area contributed by atoms with E-state index in [1.165, 1.54) is 15.9 Å². The van der Waals surface area contributed by atoms with E-state index in [4.69, 9.17) is 0 Å². The fourth-order valence-electron chi connectivity index (χ4n) is 3.82. The summed E-state index contributed by atoms with van der Waals surface area (Å²) in [5, 5.41) is 3.75. The van der Waals surface area contributed by atoms with Crippen LogP contribution >= 0.6 is 7.26 Å². The second kappa shape index (κ2) is 9.55. The predicted octanol–water partition coefficient (Wildman–Crippen LogP) is 5.50. The highest BCUT2D eigenvalue weighted by atomic mass is 31.2. The van der Waals surface area contributed by atoms with Crippen LogP contribution in [0.1, 0.15) is 6.92 Å². The standard InChI is InChI=1S/C28H25NOP/c1-24(30)29(25-14-6-2-7-15-25)22-23-31(26-16-8-3-9-17-26,27-18-10-4-11-19-27)28-20-12-5-13-21-28/h2-23H,1H3/q+1/b23-22+. The highest BCUT2D eigenvalue weighted by Gasteiger charge is 2.43. The average Bonchev–Trinajstić information content (AvgIpc) is 2.84. The summed E-state index contributed by atoms with van der Waals surface area (Å²) >= 11 is 0. The van der Waals surface area contributed by atoms with Gasteiger partial charge in [0, 0.05) is 18.8 Å². The second-order valence-electron chi connectivity index (χ2n) is 7.25. The Labute approximate surface area is 184 Å². The van der Waals surface area contributed by atoms with Crippen molar-refractivity contribution >= 4 is 34.8 Å². The Kier molecular flexibility index (Phi) is 6.40.